The molecule has 0 aliphatic rings. The lowest BCUT2D eigenvalue weighted by molar-refractivity contribution is 0.354. The molecule has 172 valence electrons. The van der Waals surface area contributed by atoms with Crippen LogP contribution >= 0.6 is 28.3 Å². The van der Waals surface area contributed by atoms with E-state index in [2.05, 4.69) is 28.1 Å². The highest BCUT2D eigenvalue weighted by molar-refractivity contribution is 8.93. The lowest BCUT2D eigenvalue weighted by Crippen LogP contribution is -2.17. The fraction of sp³-hybridized carbons (Fsp3) is 0.192. The number of aryl methyl sites for hydroxylation is 1. The molecule has 0 atom stereocenters. The molecule has 7 heteroatoms. The second kappa shape index (κ2) is 11.7. The number of benzene rings is 3. The van der Waals surface area contributed by atoms with Crippen molar-refractivity contribution < 1.29 is 14.2 Å². The molecule has 0 radical (unpaired) electrons. The van der Waals surface area contributed by atoms with Crippen LogP contribution in [0.2, 0.25) is 0 Å². The van der Waals surface area contributed by atoms with E-state index in [1.54, 1.807) is 32.7 Å². The van der Waals surface area contributed by atoms with Crippen LogP contribution in [0.4, 0.5) is 5.69 Å². The van der Waals surface area contributed by atoms with E-state index >= 15 is 0 Å². The molecule has 1 aromatic heterocycles. The van der Waals surface area contributed by atoms with E-state index in [1.165, 1.54) is 5.56 Å². The van der Waals surface area contributed by atoms with Crippen molar-refractivity contribution in [2.75, 3.05) is 21.3 Å². The van der Waals surface area contributed by atoms with Gasteiger partial charge in [-0.3, -0.25) is 0 Å². The van der Waals surface area contributed by atoms with E-state index < -0.39 is 0 Å². The maximum absolute atomic E-state index is 5.47. The van der Waals surface area contributed by atoms with Crippen molar-refractivity contribution in [1.82, 2.24) is 4.57 Å². The number of ether oxygens (including phenoxy) is 3. The van der Waals surface area contributed by atoms with Crippen molar-refractivity contribution in [3.63, 3.8) is 0 Å². The SMILES string of the molecule is Br.COc1ccc(-c2csc(=Nc3ccccc3)n2CCc2ccc(OC)c(OC)c2)cc1. The van der Waals surface area contributed by atoms with E-state index in [-0.39, 0.29) is 17.0 Å². The van der Waals surface area contributed by atoms with Gasteiger partial charge in [-0.25, -0.2) is 4.99 Å². The summed E-state index contributed by atoms with van der Waals surface area (Å²) in [5.41, 5.74) is 4.37. The van der Waals surface area contributed by atoms with Crippen LogP contribution in [-0.4, -0.2) is 25.9 Å². The topological polar surface area (TPSA) is 45.0 Å². The van der Waals surface area contributed by atoms with E-state index in [0.29, 0.717) is 0 Å². The minimum Gasteiger partial charge on any atom is -0.497 e. The lowest BCUT2D eigenvalue weighted by Gasteiger charge is -2.12. The van der Waals surface area contributed by atoms with Gasteiger partial charge in [-0.15, -0.1) is 28.3 Å². The predicted octanol–water partition coefficient (Wildman–Crippen LogP) is 6.30. The van der Waals surface area contributed by atoms with Crippen molar-refractivity contribution in [1.29, 1.82) is 0 Å². The molecule has 0 aliphatic heterocycles. The fourth-order valence-electron chi connectivity index (χ4n) is 3.52. The first kappa shape index (κ1) is 24.6. The third-order valence-corrected chi connectivity index (χ3v) is 6.10. The summed E-state index contributed by atoms with van der Waals surface area (Å²) < 4.78 is 18.4. The maximum Gasteiger partial charge on any atom is 0.190 e. The van der Waals surface area contributed by atoms with Crippen molar-refractivity contribution in [2.45, 2.75) is 13.0 Å². The number of halogens is 1. The molecule has 0 unspecified atom stereocenters. The summed E-state index contributed by atoms with van der Waals surface area (Å²) in [6.45, 7) is 0.784. The average molecular weight is 527 g/mol. The van der Waals surface area contributed by atoms with Crippen LogP contribution < -0.4 is 19.0 Å². The van der Waals surface area contributed by atoms with Gasteiger partial charge in [-0.2, -0.15) is 0 Å². The molecule has 0 fully saturated rings. The Hall–Kier alpha value is -3.03. The summed E-state index contributed by atoms with van der Waals surface area (Å²) in [6.07, 6.45) is 0.836. The average Bonchev–Trinajstić information content (AvgIpc) is 3.25. The number of rotatable bonds is 8. The van der Waals surface area contributed by atoms with E-state index in [0.717, 1.165) is 52.0 Å². The number of para-hydroxylation sites is 1. The second-order valence-corrected chi connectivity index (χ2v) is 8.01. The second-order valence-electron chi connectivity index (χ2n) is 7.17. The molecule has 0 saturated carbocycles. The molecule has 3 aromatic carbocycles. The first-order chi connectivity index (χ1) is 15.7. The molecular weight excluding hydrogens is 500 g/mol. The highest BCUT2D eigenvalue weighted by Gasteiger charge is 2.10. The fourth-order valence-corrected chi connectivity index (χ4v) is 4.47. The first-order valence-electron chi connectivity index (χ1n) is 10.3. The summed E-state index contributed by atoms with van der Waals surface area (Å²) in [5, 5.41) is 2.16. The third-order valence-electron chi connectivity index (χ3n) is 5.24. The largest absolute Gasteiger partial charge is 0.497 e. The van der Waals surface area contributed by atoms with Crippen molar-refractivity contribution in [2.24, 2.45) is 4.99 Å². The van der Waals surface area contributed by atoms with Crippen LogP contribution in [0.3, 0.4) is 0 Å². The zero-order chi connectivity index (χ0) is 22.3. The van der Waals surface area contributed by atoms with Gasteiger partial charge in [-0.05, 0) is 66.1 Å². The van der Waals surface area contributed by atoms with Gasteiger partial charge >= 0.3 is 0 Å². The Bertz CT molecular complexity index is 1230. The molecule has 5 nitrogen and oxygen atoms in total. The highest BCUT2D eigenvalue weighted by atomic mass is 79.9. The molecule has 33 heavy (non-hydrogen) atoms. The van der Waals surface area contributed by atoms with Crippen LogP contribution in [0, 0.1) is 0 Å². The van der Waals surface area contributed by atoms with Crippen molar-refractivity contribution in [3.05, 3.63) is 88.5 Å². The number of nitrogens with zero attached hydrogens (tertiary/aromatic N) is 2. The quantitative estimate of drug-likeness (QED) is 0.270. The molecule has 0 saturated heterocycles. The monoisotopic (exact) mass is 526 g/mol. The summed E-state index contributed by atoms with van der Waals surface area (Å²) >= 11 is 1.65. The van der Waals surface area contributed by atoms with Crippen LogP contribution in [-0.2, 0) is 13.0 Å². The molecule has 1 heterocycles. The van der Waals surface area contributed by atoms with Gasteiger partial charge in [0.25, 0.3) is 0 Å². The predicted molar refractivity (Wildman–Crippen MR) is 140 cm³/mol. The zero-order valence-corrected chi connectivity index (χ0v) is 21.4. The Morgan fingerprint density at radius 2 is 1.55 bits per heavy atom. The Morgan fingerprint density at radius 1 is 0.818 bits per heavy atom. The molecular formula is C26H27BrN2O3S. The Kier molecular flexibility index (Phi) is 8.74. The lowest BCUT2D eigenvalue weighted by atomic mass is 10.1. The molecule has 0 amide bonds. The standard InChI is InChI=1S/C26H26N2O3S.BrH/c1-29-22-12-10-20(11-13-22)23-18-32-26(27-21-7-5-4-6-8-21)28(23)16-15-19-9-14-24(30-2)25(17-19)31-3;/h4-14,17-18H,15-16H2,1-3H3;1H. The van der Waals surface area contributed by atoms with Crippen LogP contribution in [0.25, 0.3) is 11.3 Å². The van der Waals surface area contributed by atoms with Gasteiger partial charge in [0.1, 0.15) is 5.75 Å². The Labute approximate surface area is 208 Å². The van der Waals surface area contributed by atoms with E-state index in [4.69, 9.17) is 19.2 Å². The molecule has 0 N–H and O–H groups in total. The van der Waals surface area contributed by atoms with E-state index in [9.17, 15) is 0 Å². The van der Waals surface area contributed by atoms with Crippen molar-refractivity contribution in [3.8, 4) is 28.5 Å². The smallest absolute Gasteiger partial charge is 0.190 e. The van der Waals surface area contributed by atoms with Gasteiger partial charge < -0.3 is 18.8 Å². The summed E-state index contributed by atoms with van der Waals surface area (Å²) in [6, 6.07) is 24.3. The molecule has 0 spiro atoms. The zero-order valence-electron chi connectivity index (χ0n) is 18.9. The van der Waals surface area contributed by atoms with E-state index in [1.807, 2.05) is 54.6 Å². The normalized spacial score (nSPS) is 11.1. The van der Waals surface area contributed by atoms with Crippen LogP contribution in [0.1, 0.15) is 5.56 Å². The van der Waals surface area contributed by atoms with Crippen LogP contribution in [0.15, 0.2) is 83.2 Å². The number of methoxy groups -OCH3 is 3. The number of aromatic nitrogens is 1. The minimum absolute atomic E-state index is 0. The number of thiazole rings is 1. The third kappa shape index (κ3) is 5.86. The summed E-state index contributed by atoms with van der Waals surface area (Å²) in [5.74, 6) is 2.32. The molecule has 0 bridgehead atoms. The summed E-state index contributed by atoms with van der Waals surface area (Å²) in [7, 11) is 4.99. The van der Waals surface area contributed by atoms with Gasteiger partial charge in [0.05, 0.1) is 32.7 Å². The molecule has 4 aromatic rings. The number of hydrogen-bond acceptors (Lipinski definition) is 5. The van der Waals surface area contributed by atoms with Crippen LogP contribution in [0.5, 0.6) is 17.2 Å². The van der Waals surface area contributed by atoms with Gasteiger partial charge in [-0.1, -0.05) is 24.3 Å². The van der Waals surface area contributed by atoms with Gasteiger partial charge in [0.15, 0.2) is 16.3 Å². The van der Waals surface area contributed by atoms with Gasteiger partial charge in [0.2, 0.25) is 0 Å². The minimum atomic E-state index is 0. The Morgan fingerprint density at radius 3 is 2.21 bits per heavy atom. The van der Waals surface area contributed by atoms with Gasteiger partial charge in [0, 0.05) is 11.9 Å². The number of hydrogen-bond donors (Lipinski definition) is 0. The maximum atomic E-state index is 5.47. The first-order valence-corrected chi connectivity index (χ1v) is 11.2. The van der Waals surface area contributed by atoms with Crippen molar-refractivity contribution >= 4 is 34.0 Å². The molecule has 4 rings (SSSR count). The Balaban J connectivity index is 0.00000306. The highest BCUT2D eigenvalue weighted by Crippen LogP contribution is 2.28. The molecule has 0 aliphatic carbocycles. The summed E-state index contributed by atoms with van der Waals surface area (Å²) in [4.78, 5) is 5.87.